The molecule has 1 aliphatic carbocycles. The van der Waals surface area contributed by atoms with E-state index in [4.69, 9.17) is 24.2 Å². The number of nitrogens with zero attached hydrogens (tertiary/aromatic N) is 4. The summed E-state index contributed by atoms with van der Waals surface area (Å²) in [7, 11) is 2.59. The molecule has 2 saturated heterocycles. The maximum absolute atomic E-state index is 14.0. The molecule has 4 amide bonds. The number of fused-ring (bicyclic) bond motifs is 7. The van der Waals surface area contributed by atoms with E-state index in [-0.39, 0.29) is 41.8 Å². The summed E-state index contributed by atoms with van der Waals surface area (Å²) in [6, 6.07) is 13.0. The third-order valence-corrected chi connectivity index (χ3v) is 12.6. The van der Waals surface area contributed by atoms with Crippen molar-refractivity contribution in [2.45, 2.75) is 90.2 Å². The fourth-order valence-electron chi connectivity index (χ4n) is 9.36. The molecule has 3 aromatic carbocycles. The number of methoxy groups -OCH3 is 2. The second kappa shape index (κ2) is 14.9. The second-order valence-electron chi connectivity index (χ2n) is 17.0. The number of aromatic nitrogens is 4. The van der Waals surface area contributed by atoms with Crippen molar-refractivity contribution in [2.75, 3.05) is 20.8 Å². The topological polar surface area (TPSA) is 184 Å². The first-order valence-corrected chi connectivity index (χ1v) is 20.5. The Morgan fingerprint density at radius 2 is 1.59 bits per heavy atom. The summed E-state index contributed by atoms with van der Waals surface area (Å²) in [4.78, 5) is 72.4. The van der Waals surface area contributed by atoms with Gasteiger partial charge >= 0.3 is 12.2 Å². The van der Waals surface area contributed by atoms with Crippen LogP contribution in [0, 0.1) is 17.8 Å². The number of likely N-dealkylation sites (tertiary alicyclic amines) is 2. The van der Waals surface area contributed by atoms with Crippen LogP contribution in [0.2, 0.25) is 0 Å². The summed E-state index contributed by atoms with van der Waals surface area (Å²) in [5.41, 5.74) is 6.65. The number of imidazole rings is 2. The molecule has 15 heteroatoms. The van der Waals surface area contributed by atoms with Crippen molar-refractivity contribution in [1.82, 2.24) is 40.4 Å². The van der Waals surface area contributed by atoms with Gasteiger partial charge in [0.15, 0.2) is 0 Å². The quantitative estimate of drug-likeness (QED) is 0.125. The maximum atomic E-state index is 14.0. The third kappa shape index (κ3) is 6.79. The number of hydrogen-bond acceptors (Lipinski definition) is 9. The Kier molecular flexibility index (Phi) is 9.71. The molecule has 2 aromatic heterocycles. The predicted octanol–water partition coefficient (Wildman–Crippen LogP) is 6.75. The smallest absolute Gasteiger partial charge is 0.407 e. The number of H-pyrrole nitrogens is 2. The number of carbonyl (C=O) groups is 4. The van der Waals surface area contributed by atoms with Gasteiger partial charge in [-0.1, -0.05) is 45.9 Å². The lowest BCUT2D eigenvalue weighted by atomic mass is 9.92. The molecular formula is C44H50N8O7. The van der Waals surface area contributed by atoms with Gasteiger partial charge in [0, 0.05) is 23.5 Å². The van der Waals surface area contributed by atoms with E-state index in [1.165, 1.54) is 14.2 Å². The Labute approximate surface area is 341 Å². The van der Waals surface area contributed by atoms with Crippen LogP contribution in [0.5, 0.6) is 5.75 Å². The summed E-state index contributed by atoms with van der Waals surface area (Å²) >= 11 is 0. The minimum Gasteiger partial charge on any atom is -0.488 e. The number of amides is 4. The molecule has 1 saturated carbocycles. The van der Waals surface area contributed by atoms with E-state index in [1.807, 2.05) is 49.8 Å². The summed E-state index contributed by atoms with van der Waals surface area (Å²) in [6.45, 7) is 8.62. The van der Waals surface area contributed by atoms with Crippen LogP contribution in [0.3, 0.4) is 0 Å². The summed E-state index contributed by atoms with van der Waals surface area (Å²) < 4.78 is 16.0. The van der Waals surface area contributed by atoms with Gasteiger partial charge in [0.2, 0.25) is 11.8 Å². The van der Waals surface area contributed by atoms with Crippen LogP contribution in [0.25, 0.3) is 44.2 Å². The lowest BCUT2D eigenvalue weighted by Gasteiger charge is -2.31. The van der Waals surface area contributed by atoms with Crippen molar-refractivity contribution in [3.8, 4) is 28.1 Å². The van der Waals surface area contributed by atoms with E-state index in [0.29, 0.717) is 24.9 Å². The van der Waals surface area contributed by atoms with Crippen LogP contribution in [-0.2, 0) is 25.7 Å². The first-order chi connectivity index (χ1) is 28.4. The van der Waals surface area contributed by atoms with Crippen molar-refractivity contribution in [2.24, 2.45) is 17.8 Å². The van der Waals surface area contributed by atoms with Crippen molar-refractivity contribution in [3.63, 3.8) is 0 Å². The monoisotopic (exact) mass is 802 g/mol. The fourth-order valence-corrected chi connectivity index (χ4v) is 9.36. The average molecular weight is 803 g/mol. The van der Waals surface area contributed by atoms with Gasteiger partial charge in [-0.05, 0) is 89.8 Å². The Hall–Kier alpha value is -6.12. The van der Waals surface area contributed by atoms with Crippen LogP contribution < -0.4 is 15.4 Å². The summed E-state index contributed by atoms with van der Waals surface area (Å²) in [6.07, 6.45) is 3.95. The Balaban J connectivity index is 0.962. The number of alkyl carbamates (subject to hydrolysis) is 2. The molecule has 3 aliphatic heterocycles. The minimum absolute atomic E-state index is 0.110. The third-order valence-electron chi connectivity index (χ3n) is 12.6. The molecule has 6 atom stereocenters. The van der Waals surface area contributed by atoms with E-state index < -0.39 is 24.3 Å². The number of rotatable bonds is 9. The van der Waals surface area contributed by atoms with E-state index in [1.54, 1.807) is 0 Å². The molecule has 0 bridgehead atoms. The normalized spacial score (nSPS) is 21.5. The largest absolute Gasteiger partial charge is 0.488 e. The highest BCUT2D eigenvalue weighted by atomic mass is 16.5. The van der Waals surface area contributed by atoms with E-state index in [2.05, 4.69) is 57.0 Å². The molecule has 1 unspecified atom stereocenters. The highest BCUT2D eigenvalue weighted by Gasteiger charge is 2.56. The molecule has 5 heterocycles. The van der Waals surface area contributed by atoms with E-state index in [0.717, 1.165) is 87.0 Å². The average Bonchev–Trinajstić information content (AvgIpc) is 3.75. The fraction of sp³-hybridized carbons (Fsp3) is 0.455. The summed E-state index contributed by atoms with van der Waals surface area (Å²) in [5.74, 6) is 2.17. The van der Waals surface area contributed by atoms with Gasteiger partial charge in [0.05, 0.1) is 49.2 Å². The molecule has 5 aromatic rings. The minimum atomic E-state index is -0.700. The zero-order chi connectivity index (χ0) is 41.3. The lowest BCUT2D eigenvalue weighted by Crippen LogP contribution is -2.52. The van der Waals surface area contributed by atoms with E-state index >= 15 is 0 Å². The van der Waals surface area contributed by atoms with Crippen molar-refractivity contribution < 1.29 is 33.4 Å². The predicted molar refractivity (Wildman–Crippen MR) is 219 cm³/mol. The number of piperidine rings is 1. The van der Waals surface area contributed by atoms with Gasteiger partial charge in [-0.3, -0.25) is 9.59 Å². The Morgan fingerprint density at radius 3 is 2.32 bits per heavy atom. The van der Waals surface area contributed by atoms with Gasteiger partial charge in [0.25, 0.3) is 0 Å². The molecular weight excluding hydrogens is 753 g/mol. The molecule has 4 N–H and O–H groups in total. The SMILES string of the molecule is COC(=O)NC(C(=O)N1CCC[C@H]1c1ncc(-c2ccc3c(c2)COc2cc4c(ccc5nc([C@@H]6C[C@H]7C[C@H]7N6C(=O)[C@@H](NC(=O)OC)C(C)C)[nH]c54)cc2-3)[nH]1)C(C)C. The molecule has 3 fully saturated rings. The van der Waals surface area contributed by atoms with Gasteiger partial charge in [-0.2, -0.15) is 0 Å². The van der Waals surface area contributed by atoms with Crippen molar-refractivity contribution in [1.29, 1.82) is 0 Å². The Morgan fingerprint density at radius 1 is 0.847 bits per heavy atom. The standard InChI is InChI=1S/C44H50N8O7/c1-21(2)36(49-43(55)57-5)41(53)51-13-7-8-32(51)39-45-19-31(47-39)24-9-11-27-26(14-24)20-59-35-18-28-23(15-29(27)35)10-12-30-38(28)48-40(46-30)34-17-25-16-33(25)52(34)42(54)37(22(3)4)50-44(56)58-6/h9-12,14-15,18-19,21-22,25,32-34,36-37H,7-8,13,16-17,20H2,1-6H3,(H,45,47)(H,46,48)(H,49,55)(H,50,56)/t25-,32+,33-,34+,36?,37+/m1/s1. The summed E-state index contributed by atoms with van der Waals surface area (Å²) in [5, 5.41) is 7.48. The highest BCUT2D eigenvalue weighted by molar-refractivity contribution is 6.07. The van der Waals surface area contributed by atoms with Gasteiger partial charge < -0.3 is 44.6 Å². The first kappa shape index (κ1) is 38.4. The number of aromatic amines is 2. The number of benzene rings is 3. The van der Waals surface area contributed by atoms with Crippen molar-refractivity contribution in [3.05, 3.63) is 65.9 Å². The van der Waals surface area contributed by atoms with Crippen molar-refractivity contribution >= 4 is 45.8 Å². The molecule has 4 aliphatic rings. The molecule has 9 rings (SSSR count). The lowest BCUT2D eigenvalue weighted by molar-refractivity contribution is -0.137. The number of nitrogens with one attached hydrogen (secondary N) is 4. The molecule has 0 spiro atoms. The van der Waals surface area contributed by atoms with Gasteiger partial charge in [0.1, 0.15) is 36.1 Å². The highest BCUT2D eigenvalue weighted by Crippen LogP contribution is 2.54. The number of hydrogen-bond donors (Lipinski definition) is 4. The van der Waals surface area contributed by atoms with Crippen LogP contribution >= 0.6 is 0 Å². The molecule has 0 radical (unpaired) electrons. The maximum Gasteiger partial charge on any atom is 0.407 e. The van der Waals surface area contributed by atoms with Gasteiger partial charge in [-0.15, -0.1) is 0 Å². The molecule has 308 valence electrons. The van der Waals surface area contributed by atoms with Crippen LogP contribution in [-0.4, -0.2) is 92.6 Å². The number of carbonyl (C=O) groups excluding carboxylic acids is 4. The van der Waals surface area contributed by atoms with E-state index in [9.17, 15) is 19.2 Å². The zero-order valence-electron chi connectivity index (χ0n) is 34.1. The zero-order valence-corrected chi connectivity index (χ0v) is 34.1. The second-order valence-corrected chi connectivity index (χ2v) is 17.0. The van der Waals surface area contributed by atoms with Crippen LogP contribution in [0.15, 0.2) is 48.7 Å². The van der Waals surface area contributed by atoms with Gasteiger partial charge in [-0.25, -0.2) is 19.6 Å². The molecule has 15 nitrogen and oxygen atoms in total. The van der Waals surface area contributed by atoms with Crippen LogP contribution in [0.1, 0.15) is 82.7 Å². The van der Waals surface area contributed by atoms with Crippen LogP contribution in [0.4, 0.5) is 9.59 Å². The Bertz CT molecular complexity index is 2490. The molecule has 59 heavy (non-hydrogen) atoms. The number of ether oxygens (including phenoxy) is 3. The first-order valence-electron chi connectivity index (χ1n) is 20.5.